The van der Waals surface area contributed by atoms with E-state index in [-0.39, 0.29) is 0 Å². The van der Waals surface area contributed by atoms with E-state index in [2.05, 4.69) is 53.4 Å². The molecule has 4 rings (SSSR count). The van der Waals surface area contributed by atoms with Crippen LogP contribution in [0.2, 0.25) is 0 Å². The first-order chi connectivity index (χ1) is 31.7. The standard InChI is InChI=1S/C63H119NO/c1-8-10-12-14-16-18-20-22-24-26-28-30-32-34-36-38-51-64(61(65)42-37-35-33-31-29-27-25-23-21-19-17-15-13-11-9-2)56-47-49-62(6)55(52-56)43-44-57-59-46-45-58(54(5)41-39-40-53(3)4)63(59,7)50-48-60(57)62/h53-60H,8-52H2,1-7H3/t54-,55+,56?,57+,58-,59+,60+,62+,63-/m1/s1. The monoisotopic (exact) mass is 906 g/mol. The van der Waals surface area contributed by atoms with Gasteiger partial charge in [-0.25, -0.2) is 0 Å². The van der Waals surface area contributed by atoms with E-state index in [0.717, 1.165) is 60.8 Å². The molecule has 0 radical (unpaired) electrons. The van der Waals surface area contributed by atoms with Crippen LogP contribution < -0.4 is 0 Å². The molecule has 9 atom stereocenters. The third kappa shape index (κ3) is 19.7. The normalized spacial score (nSPS) is 28.0. The van der Waals surface area contributed by atoms with Gasteiger partial charge in [0, 0.05) is 19.0 Å². The van der Waals surface area contributed by atoms with E-state index in [1.807, 2.05) is 0 Å². The summed E-state index contributed by atoms with van der Waals surface area (Å²) in [4.78, 5) is 16.8. The molecule has 65 heavy (non-hydrogen) atoms. The topological polar surface area (TPSA) is 20.3 Å². The van der Waals surface area contributed by atoms with E-state index in [4.69, 9.17) is 0 Å². The molecular formula is C63H119NO. The van der Waals surface area contributed by atoms with Crippen molar-refractivity contribution in [1.29, 1.82) is 0 Å². The molecule has 4 fully saturated rings. The molecule has 4 saturated carbocycles. The zero-order chi connectivity index (χ0) is 46.6. The lowest BCUT2D eigenvalue weighted by Gasteiger charge is -2.62. The minimum Gasteiger partial charge on any atom is -0.340 e. The van der Waals surface area contributed by atoms with Gasteiger partial charge in [-0.2, -0.15) is 0 Å². The summed E-state index contributed by atoms with van der Waals surface area (Å²) < 4.78 is 0. The van der Waals surface area contributed by atoms with Gasteiger partial charge in [-0.3, -0.25) is 4.79 Å². The van der Waals surface area contributed by atoms with E-state index >= 15 is 0 Å². The molecule has 1 unspecified atom stereocenters. The molecule has 2 nitrogen and oxygen atoms in total. The highest BCUT2D eigenvalue weighted by molar-refractivity contribution is 5.76. The Kier molecular flexibility index (Phi) is 29.1. The summed E-state index contributed by atoms with van der Waals surface area (Å²) in [6.45, 7) is 18.7. The molecule has 0 spiro atoms. The van der Waals surface area contributed by atoms with Crippen LogP contribution in [0.4, 0.5) is 0 Å². The summed E-state index contributed by atoms with van der Waals surface area (Å²) in [6.07, 6.45) is 61.4. The Morgan fingerprint density at radius 3 is 1.42 bits per heavy atom. The van der Waals surface area contributed by atoms with Crippen LogP contribution in [0.15, 0.2) is 0 Å². The molecule has 1 amide bonds. The summed E-state index contributed by atoms with van der Waals surface area (Å²) in [7, 11) is 0. The van der Waals surface area contributed by atoms with Crippen molar-refractivity contribution in [3.8, 4) is 0 Å². The van der Waals surface area contributed by atoms with Crippen LogP contribution in [0.25, 0.3) is 0 Å². The second-order valence-electron chi connectivity index (χ2n) is 25.2. The smallest absolute Gasteiger partial charge is 0.222 e. The zero-order valence-electron chi connectivity index (χ0n) is 45.8. The summed E-state index contributed by atoms with van der Waals surface area (Å²) in [6, 6.07) is 0.501. The quantitative estimate of drug-likeness (QED) is 0.0563. The fourth-order valence-electron chi connectivity index (χ4n) is 15.7. The molecule has 0 aromatic rings. The van der Waals surface area contributed by atoms with Crippen LogP contribution >= 0.6 is 0 Å². The number of rotatable bonds is 39. The zero-order valence-corrected chi connectivity index (χ0v) is 45.8. The van der Waals surface area contributed by atoms with Crippen molar-refractivity contribution >= 4 is 5.91 Å². The van der Waals surface area contributed by atoms with Crippen molar-refractivity contribution in [1.82, 2.24) is 4.90 Å². The van der Waals surface area contributed by atoms with Crippen LogP contribution in [-0.2, 0) is 4.79 Å². The fraction of sp³-hybridized carbons (Fsp3) is 0.984. The Hall–Kier alpha value is -0.530. The SMILES string of the molecule is CCCCCCCCCCCCCCCCCCN(C(=O)CCCCCCCCCCCCCCCCC)C1CC[C@@]2(C)[C@@H](CC[C@@H]3[C@@H]2CC[C@]2(C)[C@@H]([C@H](C)CCCC(C)C)CC[C@@H]32)C1. The molecule has 0 bridgehead atoms. The molecule has 0 saturated heterocycles. The lowest BCUT2D eigenvalue weighted by molar-refractivity contribution is -0.143. The van der Waals surface area contributed by atoms with E-state index in [9.17, 15) is 4.79 Å². The number of unbranched alkanes of at least 4 members (excludes halogenated alkanes) is 29. The lowest BCUT2D eigenvalue weighted by atomic mass is 9.44. The van der Waals surface area contributed by atoms with Gasteiger partial charge in [-0.1, -0.05) is 254 Å². The predicted octanol–water partition coefficient (Wildman–Crippen LogP) is 20.8. The van der Waals surface area contributed by atoms with Crippen LogP contribution in [0.3, 0.4) is 0 Å². The molecule has 4 aliphatic carbocycles. The molecule has 2 heteroatoms. The molecule has 4 aliphatic rings. The van der Waals surface area contributed by atoms with Gasteiger partial charge in [0.15, 0.2) is 0 Å². The fourth-order valence-corrected chi connectivity index (χ4v) is 15.7. The molecule has 0 heterocycles. The van der Waals surface area contributed by atoms with Crippen molar-refractivity contribution < 1.29 is 4.79 Å². The van der Waals surface area contributed by atoms with Crippen molar-refractivity contribution in [3.05, 3.63) is 0 Å². The van der Waals surface area contributed by atoms with E-state index in [1.165, 1.54) is 270 Å². The average Bonchev–Trinajstić information content (AvgIpc) is 3.65. The van der Waals surface area contributed by atoms with Crippen LogP contribution in [0.1, 0.15) is 331 Å². The number of amides is 1. The van der Waals surface area contributed by atoms with Crippen LogP contribution in [0.5, 0.6) is 0 Å². The maximum absolute atomic E-state index is 14.3. The third-order valence-electron chi connectivity index (χ3n) is 19.8. The summed E-state index contributed by atoms with van der Waals surface area (Å²) in [5.74, 6) is 6.91. The average molecular weight is 907 g/mol. The molecule has 0 aromatic heterocycles. The summed E-state index contributed by atoms with van der Waals surface area (Å²) in [5.41, 5.74) is 1.08. The largest absolute Gasteiger partial charge is 0.340 e. The predicted molar refractivity (Wildman–Crippen MR) is 288 cm³/mol. The van der Waals surface area contributed by atoms with Gasteiger partial charge in [0.25, 0.3) is 0 Å². The van der Waals surface area contributed by atoms with Crippen molar-refractivity contribution in [2.75, 3.05) is 6.54 Å². The molecular weight excluding hydrogens is 787 g/mol. The first-order valence-corrected chi connectivity index (χ1v) is 30.9. The molecule has 0 N–H and O–H groups in total. The third-order valence-corrected chi connectivity index (χ3v) is 19.8. The Labute approximate surface area is 409 Å². The number of carbonyl (C=O) groups excluding carboxylic acids is 1. The van der Waals surface area contributed by atoms with Crippen LogP contribution in [-0.4, -0.2) is 23.4 Å². The second kappa shape index (κ2) is 33.1. The second-order valence-corrected chi connectivity index (χ2v) is 25.2. The minimum absolute atomic E-state index is 0.499. The van der Waals surface area contributed by atoms with Crippen LogP contribution in [0, 0.1) is 52.3 Å². The Morgan fingerprint density at radius 1 is 0.477 bits per heavy atom. The number of nitrogens with zero attached hydrogens (tertiary/aromatic N) is 1. The maximum Gasteiger partial charge on any atom is 0.222 e. The van der Waals surface area contributed by atoms with Gasteiger partial charge in [0.2, 0.25) is 5.91 Å². The summed E-state index contributed by atoms with van der Waals surface area (Å²) in [5, 5.41) is 0. The van der Waals surface area contributed by atoms with Gasteiger partial charge < -0.3 is 4.90 Å². The van der Waals surface area contributed by atoms with E-state index in [0.29, 0.717) is 22.8 Å². The number of fused-ring (bicyclic) bond motifs is 5. The van der Waals surface area contributed by atoms with E-state index in [1.54, 1.807) is 0 Å². The lowest BCUT2D eigenvalue weighted by Crippen LogP contribution is -2.56. The van der Waals surface area contributed by atoms with Crippen molar-refractivity contribution in [2.24, 2.45) is 52.3 Å². The van der Waals surface area contributed by atoms with Crippen molar-refractivity contribution in [2.45, 2.75) is 337 Å². The Bertz CT molecular complexity index is 1180. The van der Waals surface area contributed by atoms with Gasteiger partial charge in [0.1, 0.15) is 0 Å². The minimum atomic E-state index is 0.499. The highest BCUT2D eigenvalue weighted by Crippen LogP contribution is 2.68. The first-order valence-electron chi connectivity index (χ1n) is 30.9. The van der Waals surface area contributed by atoms with Gasteiger partial charge >= 0.3 is 0 Å². The number of carbonyl (C=O) groups is 1. The Morgan fingerprint density at radius 2 is 0.923 bits per heavy atom. The van der Waals surface area contributed by atoms with E-state index < -0.39 is 0 Å². The van der Waals surface area contributed by atoms with Gasteiger partial charge in [-0.05, 0) is 123 Å². The molecule has 0 aliphatic heterocycles. The summed E-state index contributed by atoms with van der Waals surface area (Å²) >= 11 is 0. The highest BCUT2D eigenvalue weighted by Gasteiger charge is 2.60. The number of hydrogen-bond donors (Lipinski definition) is 0. The number of hydrogen-bond acceptors (Lipinski definition) is 1. The highest BCUT2D eigenvalue weighted by atomic mass is 16.2. The molecule has 0 aromatic carbocycles. The van der Waals surface area contributed by atoms with Crippen molar-refractivity contribution in [3.63, 3.8) is 0 Å². The van der Waals surface area contributed by atoms with Gasteiger partial charge in [-0.15, -0.1) is 0 Å². The maximum atomic E-state index is 14.3. The Balaban J connectivity index is 1.20. The first kappa shape index (κ1) is 57.1. The molecule has 382 valence electrons. The van der Waals surface area contributed by atoms with Gasteiger partial charge in [0.05, 0.1) is 0 Å².